The molecule has 6 nitrogen and oxygen atoms in total. The fourth-order valence-electron chi connectivity index (χ4n) is 2.40. The van der Waals surface area contributed by atoms with E-state index in [1.807, 2.05) is 0 Å². The third kappa shape index (κ3) is 6.24. The number of urea groups is 1. The molecule has 0 aromatic heterocycles. The topological polar surface area (TPSA) is 87.7 Å². The second-order valence-electron chi connectivity index (χ2n) is 5.15. The van der Waals surface area contributed by atoms with Gasteiger partial charge in [0, 0.05) is 6.54 Å². The number of carbonyl (C=O) groups is 2. The summed E-state index contributed by atoms with van der Waals surface area (Å²) in [5.41, 5.74) is -1.23. The van der Waals surface area contributed by atoms with Gasteiger partial charge in [0.25, 0.3) is 6.43 Å². The van der Waals surface area contributed by atoms with Crippen molar-refractivity contribution < 1.29 is 28.2 Å². The van der Waals surface area contributed by atoms with Crippen LogP contribution in [-0.2, 0) is 9.53 Å². The maximum absolute atomic E-state index is 11.8. The maximum Gasteiger partial charge on any atom is 0.329 e. The van der Waals surface area contributed by atoms with Crippen molar-refractivity contribution in [1.82, 2.24) is 10.6 Å². The smallest absolute Gasteiger partial charge is 0.329 e. The molecule has 1 fully saturated rings. The number of rotatable bonds is 7. The monoisotopic (exact) mass is 308 g/mol. The van der Waals surface area contributed by atoms with Crippen LogP contribution in [-0.4, -0.2) is 48.8 Å². The lowest BCUT2D eigenvalue weighted by molar-refractivity contribution is -0.145. The first kappa shape index (κ1) is 17.6. The highest BCUT2D eigenvalue weighted by Gasteiger charge is 2.39. The highest BCUT2D eigenvalue weighted by molar-refractivity contribution is 5.86. The van der Waals surface area contributed by atoms with E-state index in [0.717, 1.165) is 25.7 Å². The first-order valence-corrected chi connectivity index (χ1v) is 7.11. The number of carbonyl (C=O) groups excluding carboxylic acids is 1. The van der Waals surface area contributed by atoms with Gasteiger partial charge >= 0.3 is 12.0 Å². The van der Waals surface area contributed by atoms with Gasteiger partial charge in [-0.15, -0.1) is 0 Å². The number of hydrogen-bond donors (Lipinski definition) is 3. The molecule has 0 unspecified atom stereocenters. The minimum absolute atomic E-state index is 0.0438. The summed E-state index contributed by atoms with van der Waals surface area (Å²) in [6.45, 7) is -0.672. The van der Waals surface area contributed by atoms with Crippen LogP contribution in [0.25, 0.3) is 0 Å². The van der Waals surface area contributed by atoms with Crippen LogP contribution in [0.5, 0.6) is 0 Å². The SMILES string of the molecule is O=C(NCCOCC(F)F)NC1(C(=O)O)CCCCCC1. The van der Waals surface area contributed by atoms with Crippen LogP contribution >= 0.6 is 0 Å². The summed E-state index contributed by atoms with van der Waals surface area (Å²) in [5.74, 6) is -1.03. The molecule has 0 aromatic carbocycles. The zero-order valence-electron chi connectivity index (χ0n) is 11.9. The number of carboxylic acids is 1. The summed E-state index contributed by atoms with van der Waals surface area (Å²) in [5, 5.41) is 14.3. The van der Waals surface area contributed by atoms with Gasteiger partial charge in [-0.1, -0.05) is 25.7 Å². The van der Waals surface area contributed by atoms with E-state index >= 15 is 0 Å². The lowest BCUT2D eigenvalue weighted by atomic mass is 9.90. The first-order chi connectivity index (χ1) is 9.96. The summed E-state index contributed by atoms with van der Waals surface area (Å²) in [6.07, 6.45) is 1.68. The third-order valence-electron chi connectivity index (χ3n) is 3.50. The molecule has 0 heterocycles. The van der Waals surface area contributed by atoms with Crippen molar-refractivity contribution in [3.63, 3.8) is 0 Å². The van der Waals surface area contributed by atoms with Crippen molar-refractivity contribution in [2.75, 3.05) is 19.8 Å². The number of aliphatic carboxylic acids is 1. The van der Waals surface area contributed by atoms with Gasteiger partial charge in [0.05, 0.1) is 6.61 Å². The molecule has 2 amide bonds. The molecule has 0 saturated heterocycles. The van der Waals surface area contributed by atoms with Crippen molar-refractivity contribution in [1.29, 1.82) is 0 Å². The van der Waals surface area contributed by atoms with E-state index in [2.05, 4.69) is 15.4 Å². The molecule has 0 atom stereocenters. The minimum atomic E-state index is -2.54. The molecular weight excluding hydrogens is 286 g/mol. The van der Waals surface area contributed by atoms with E-state index in [1.165, 1.54) is 0 Å². The fraction of sp³-hybridized carbons (Fsp3) is 0.846. The molecule has 1 saturated carbocycles. The van der Waals surface area contributed by atoms with Crippen molar-refractivity contribution in [2.24, 2.45) is 0 Å². The summed E-state index contributed by atoms with van der Waals surface area (Å²) >= 11 is 0. The number of amides is 2. The molecule has 0 spiro atoms. The Bertz CT molecular complexity index is 345. The Hall–Kier alpha value is -1.44. The predicted molar refractivity (Wildman–Crippen MR) is 71.4 cm³/mol. The van der Waals surface area contributed by atoms with Gasteiger partial charge in [0.2, 0.25) is 0 Å². The van der Waals surface area contributed by atoms with Crippen LogP contribution in [0.2, 0.25) is 0 Å². The van der Waals surface area contributed by atoms with Gasteiger partial charge in [-0.2, -0.15) is 0 Å². The van der Waals surface area contributed by atoms with E-state index in [-0.39, 0.29) is 13.2 Å². The fourth-order valence-corrected chi connectivity index (χ4v) is 2.40. The van der Waals surface area contributed by atoms with Gasteiger partial charge in [-0.25, -0.2) is 18.4 Å². The van der Waals surface area contributed by atoms with Crippen molar-refractivity contribution in [3.8, 4) is 0 Å². The van der Waals surface area contributed by atoms with Crippen LogP contribution in [0, 0.1) is 0 Å². The van der Waals surface area contributed by atoms with E-state index in [9.17, 15) is 23.5 Å². The van der Waals surface area contributed by atoms with Crippen molar-refractivity contribution in [2.45, 2.75) is 50.5 Å². The molecule has 8 heteroatoms. The van der Waals surface area contributed by atoms with Crippen molar-refractivity contribution in [3.05, 3.63) is 0 Å². The van der Waals surface area contributed by atoms with Gasteiger partial charge < -0.3 is 20.5 Å². The molecule has 21 heavy (non-hydrogen) atoms. The number of hydrogen-bond acceptors (Lipinski definition) is 3. The van der Waals surface area contributed by atoms with Gasteiger partial charge in [0.1, 0.15) is 12.1 Å². The lowest BCUT2D eigenvalue weighted by Crippen LogP contribution is -2.57. The lowest BCUT2D eigenvalue weighted by Gasteiger charge is -2.29. The molecule has 0 bridgehead atoms. The van der Waals surface area contributed by atoms with Crippen LogP contribution in [0.3, 0.4) is 0 Å². The second kappa shape index (κ2) is 8.76. The molecule has 0 aliphatic heterocycles. The highest BCUT2D eigenvalue weighted by Crippen LogP contribution is 2.27. The Morgan fingerprint density at radius 2 is 1.81 bits per heavy atom. The summed E-state index contributed by atoms with van der Waals surface area (Å²) in [6, 6.07) is -0.611. The molecular formula is C13H22F2N2O4. The van der Waals surface area contributed by atoms with Crippen LogP contribution in [0.15, 0.2) is 0 Å². The van der Waals surface area contributed by atoms with Crippen LogP contribution < -0.4 is 10.6 Å². The Kier molecular flexibility index (Phi) is 7.35. The zero-order chi connectivity index (χ0) is 15.7. The van der Waals surface area contributed by atoms with Gasteiger partial charge in [-0.3, -0.25) is 0 Å². The third-order valence-corrected chi connectivity index (χ3v) is 3.50. The van der Waals surface area contributed by atoms with Crippen LogP contribution in [0.4, 0.5) is 13.6 Å². The van der Waals surface area contributed by atoms with Crippen LogP contribution in [0.1, 0.15) is 38.5 Å². The molecule has 1 aliphatic carbocycles. The summed E-state index contributed by atoms with van der Waals surface area (Å²) in [4.78, 5) is 23.2. The largest absolute Gasteiger partial charge is 0.480 e. The molecule has 1 rings (SSSR count). The van der Waals surface area contributed by atoms with Gasteiger partial charge in [0.15, 0.2) is 0 Å². The minimum Gasteiger partial charge on any atom is -0.480 e. The molecule has 1 aliphatic rings. The molecule has 3 N–H and O–H groups in total. The highest BCUT2D eigenvalue weighted by atomic mass is 19.3. The molecule has 0 radical (unpaired) electrons. The molecule has 0 aromatic rings. The predicted octanol–water partition coefficient (Wildman–Crippen LogP) is 1.74. The first-order valence-electron chi connectivity index (χ1n) is 7.11. The summed E-state index contributed by atoms with van der Waals surface area (Å²) in [7, 11) is 0. The number of halogens is 2. The number of ether oxygens (including phenoxy) is 1. The summed E-state index contributed by atoms with van der Waals surface area (Å²) < 4.78 is 28.3. The van der Waals surface area contributed by atoms with Crippen molar-refractivity contribution >= 4 is 12.0 Å². The number of alkyl halides is 2. The number of carboxylic acid groups (broad SMARTS) is 1. The maximum atomic E-state index is 11.8. The zero-order valence-corrected chi connectivity index (χ0v) is 11.9. The molecule has 122 valence electrons. The quantitative estimate of drug-likeness (QED) is 0.494. The van der Waals surface area contributed by atoms with E-state index in [1.54, 1.807) is 0 Å². The Balaban J connectivity index is 2.37. The Labute approximate surface area is 122 Å². The number of nitrogens with one attached hydrogen (secondary N) is 2. The Morgan fingerprint density at radius 3 is 2.33 bits per heavy atom. The average Bonchev–Trinajstić information content (AvgIpc) is 2.64. The van der Waals surface area contributed by atoms with E-state index in [0.29, 0.717) is 12.8 Å². The van der Waals surface area contributed by atoms with E-state index in [4.69, 9.17) is 0 Å². The second-order valence-corrected chi connectivity index (χ2v) is 5.15. The van der Waals surface area contributed by atoms with Gasteiger partial charge in [-0.05, 0) is 12.8 Å². The normalized spacial score (nSPS) is 18.0. The Morgan fingerprint density at radius 1 is 1.19 bits per heavy atom. The van der Waals surface area contributed by atoms with E-state index < -0.39 is 30.6 Å². The standard InChI is InChI=1S/C13H22F2N2O4/c14-10(15)9-21-8-7-16-12(20)17-13(11(18)19)5-3-1-2-4-6-13/h10H,1-9H2,(H,18,19)(H2,16,17,20). The average molecular weight is 308 g/mol.